The van der Waals surface area contributed by atoms with Gasteiger partial charge < -0.3 is 9.64 Å². The molecule has 0 spiro atoms. The van der Waals surface area contributed by atoms with Crippen LogP contribution in [-0.2, 0) is 16.0 Å². The Labute approximate surface area is 198 Å². The molecule has 184 valence electrons. The highest BCUT2D eigenvalue weighted by atomic mass is 19.3. The van der Waals surface area contributed by atoms with Crippen molar-refractivity contribution in [1.82, 2.24) is 0 Å². The summed E-state index contributed by atoms with van der Waals surface area (Å²) < 4.78 is 37.2. The summed E-state index contributed by atoms with van der Waals surface area (Å²) in [6.45, 7) is 11.0. The van der Waals surface area contributed by atoms with Gasteiger partial charge in [0, 0.05) is 24.2 Å². The van der Waals surface area contributed by atoms with Gasteiger partial charge in [0.05, 0.1) is 6.61 Å². The van der Waals surface area contributed by atoms with Gasteiger partial charge in [0.15, 0.2) is 0 Å². The number of hydrogen-bond donors (Lipinski definition) is 0. The molecule has 3 rings (SSSR count). The molecule has 2 aliphatic rings. The maximum Gasteiger partial charge on any atom is 0.333 e. The maximum absolute atomic E-state index is 15.9. The van der Waals surface area contributed by atoms with Crippen molar-refractivity contribution < 1.29 is 18.3 Å². The van der Waals surface area contributed by atoms with E-state index in [-0.39, 0.29) is 23.7 Å². The number of hydrogen-bond acceptors (Lipinski definition) is 3. The molecule has 1 unspecified atom stereocenters. The standard InChI is InChI=1S/C28H41F2NO2/c1-6-33-26(32)24-19-27(4,5)16-15-23(24)22(14-13-20(2)3)18-28(29,30)31-17-9-11-21-10-7-8-12-25(21)31/h7-8,10,12,20,22H,6,9,11,13-19H2,1-5H3. The van der Waals surface area contributed by atoms with Gasteiger partial charge in [-0.2, -0.15) is 8.78 Å². The fourth-order valence-electron chi connectivity index (χ4n) is 5.39. The van der Waals surface area contributed by atoms with Gasteiger partial charge >= 0.3 is 12.0 Å². The van der Waals surface area contributed by atoms with Crippen LogP contribution in [0.2, 0.25) is 0 Å². The van der Waals surface area contributed by atoms with Crippen LogP contribution in [0.15, 0.2) is 35.4 Å². The number of nitrogens with zero attached hydrogens (tertiary/aromatic N) is 1. The Kier molecular flexibility index (Phi) is 8.23. The molecule has 1 atom stereocenters. The lowest BCUT2D eigenvalue weighted by molar-refractivity contribution is -0.139. The molecule has 0 radical (unpaired) electrons. The zero-order valence-electron chi connectivity index (χ0n) is 21.1. The van der Waals surface area contributed by atoms with Gasteiger partial charge in [-0.15, -0.1) is 0 Å². The molecule has 0 aromatic heterocycles. The number of benzene rings is 1. The lowest BCUT2D eigenvalue weighted by Gasteiger charge is -2.41. The summed E-state index contributed by atoms with van der Waals surface area (Å²) in [5, 5.41) is 0. The highest BCUT2D eigenvalue weighted by Crippen LogP contribution is 2.46. The zero-order valence-corrected chi connectivity index (χ0v) is 21.1. The van der Waals surface area contributed by atoms with Crippen molar-refractivity contribution in [2.24, 2.45) is 17.3 Å². The second-order valence-corrected chi connectivity index (χ2v) is 11.0. The monoisotopic (exact) mass is 461 g/mol. The summed E-state index contributed by atoms with van der Waals surface area (Å²) >= 11 is 0. The molecule has 5 heteroatoms. The van der Waals surface area contributed by atoms with Gasteiger partial charge in [0.2, 0.25) is 0 Å². The molecular formula is C28H41F2NO2. The highest BCUT2D eigenvalue weighted by Gasteiger charge is 2.43. The molecule has 1 aromatic rings. The molecule has 0 N–H and O–H groups in total. The molecule has 0 saturated carbocycles. The molecule has 3 nitrogen and oxygen atoms in total. The summed E-state index contributed by atoms with van der Waals surface area (Å²) in [4.78, 5) is 14.2. The summed E-state index contributed by atoms with van der Waals surface area (Å²) in [5.74, 6) is -0.225. The minimum Gasteiger partial charge on any atom is -0.463 e. The van der Waals surface area contributed by atoms with Crippen molar-refractivity contribution in [3.63, 3.8) is 0 Å². The largest absolute Gasteiger partial charge is 0.463 e. The first-order chi connectivity index (χ1) is 15.5. The number of alkyl halides is 2. The summed E-state index contributed by atoms with van der Waals surface area (Å²) in [7, 11) is 0. The number of ether oxygens (including phenoxy) is 1. The van der Waals surface area contributed by atoms with Crippen molar-refractivity contribution in [2.75, 3.05) is 18.1 Å². The Morgan fingerprint density at radius 3 is 2.61 bits per heavy atom. The summed E-state index contributed by atoms with van der Waals surface area (Å²) in [5.41, 5.74) is 3.19. The van der Waals surface area contributed by atoms with E-state index >= 15 is 8.78 Å². The molecule has 1 aliphatic carbocycles. The predicted octanol–water partition coefficient (Wildman–Crippen LogP) is 7.54. The van der Waals surface area contributed by atoms with Gasteiger partial charge in [0.1, 0.15) is 0 Å². The van der Waals surface area contributed by atoms with E-state index in [1.165, 1.54) is 4.90 Å². The lowest BCUT2D eigenvalue weighted by atomic mass is 9.70. The van der Waals surface area contributed by atoms with E-state index in [9.17, 15) is 4.79 Å². The van der Waals surface area contributed by atoms with Crippen LogP contribution in [0.1, 0.15) is 85.1 Å². The predicted molar refractivity (Wildman–Crippen MR) is 131 cm³/mol. The molecule has 0 fully saturated rings. The average Bonchev–Trinajstić information content (AvgIpc) is 2.76. The maximum atomic E-state index is 15.9. The third kappa shape index (κ3) is 6.36. The molecule has 1 aromatic carbocycles. The number of halogens is 2. The number of para-hydroxylation sites is 1. The van der Waals surface area contributed by atoms with Gasteiger partial charge in [0.25, 0.3) is 0 Å². The highest BCUT2D eigenvalue weighted by molar-refractivity contribution is 5.89. The van der Waals surface area contributed by atoms with Crippen molar-refractivity contribution >= 4 is 11.7 Å². The number of carbonyl (C=O) groups excluding carboxylic acids is 1. The van der Waals surface area contributed by atoms with Crippen LogP contribution in [0.4, 0.5) is 14.5 Å². The van der Waals surface area contributed by atoms with Crippen molar-refractivity contribution in [2.45, 2.75) is 92.0 Å². The number of allylic oxidation sites excluding steroid dienone is 1. The minimum absolute atomic E-state index is 0.0253. The summed E-state index contributed by atoms with van der Waals surface area (Å²) in [6.07, 6.45) is 5.03. The second kappa shape index (κ2) is 10.6. The van der Waals surface area contributed by atoms with E-state index in [1.54, 1.807) is 6.92 Å². The Bertz CT molecular complexity index is 859. The van der Waals surface area contributed by atoms with E-state index in [4.69, 9.17) is 4.74 Å². The van der Waals surface area contributed by atoms with E-state index in [2.05, 4.69) is 27.7 Å². The molecule has 0 amide bonds. The Balaban J connectivity index is 1.96. The van der Waals surface area contributed by atoms with E-state index in [1.807, 2.05) is 24.3 Å². The topological polar surface area (TPSA) is 29.5 Å². The fraction of sp³-hybridized carbons (Fsp3) is 0.679. The molecule has 33 heavy (non-hydrogen) atoms. The van der Waals surface area contributed by atoms with E-state index in [0.29, 0.717) is 49.6 Å². The number of rotatable bonds is 9. The number of carbonyl (C=O) groups is 1. The average molecular weight is 462 g/mol. The van der Waals surface area contributed by atoms with Gasteiger partial charge in [-0.25, -0.2) is 4.79 Å². The lowest BCUT2D eigenvalue weighted by Crippen LogP contribution is -2.46. The van der Waals surface area contributed by atoms with Crippen LogP contribution >= 0.6 is 0 Å². The number of esters is 1. The van der Waals surface area contributed by atoms with Crippen LogP contribution in [0.3, 0.4) is 0 Å². The smallest absolute Gasteiger partial charge is 0.333 e. The van der Waals surface area contributed by atoms with E-state index in [0.717, 1.165) is 36.8 Å². The van der Waals surface area contributed by atoms with Gasteiger partial charge in [-0.05, 0) is 74.3 Å². The Morgan fingerprint density at radius 1 is 1.18 bits per heavy atom. The Hall–Kier alpha value is -1.91. The van der Waals surface area contributed by atoms with Gasteiger partial charge in [-0.3, -0.25) is 0 Å². The van der Waals surface area contributed by atoms with Crippen LogP contribution in [0, 0.1) is 17.3 Å². The third-order valence-corrected chi connectivity index (χ3v) is 7.22. The zero-order chi connectivity index (χ0) is 24.2. The van der Waals surface area contributed by atoms with Crippen LogP contribution < -0.4 is 4.90 Å². The van der Waals surface area contributed by atoms with Gasteiger partial charge in [-0.1, -0.05) is 57.9 Å². The number of fused-ring (bicyclic) bond motifs is 1. The van der Waals surface area contributed by atoms with Crippen molar-refractivity contribution in [3.05, 3.63) is 41.0 Å². The van der Waals surface area contributed by atoms with E-state index < -0.39 is 6.05 Å². The molecule has 0 saturated heterocycles. The SMILES string of the molecule is CCOC(=O)C1=C(C(CCC(C)C)CC(F)(F)N2CCCc3ccccc32)CCC(C)(C)C1. The fourth-order valence-corrected chi connectivity index (χ4v) is 5.39. The van der Waals surface area contributed by atoms with Crippen molar-refractivity contribution in [3.8, 4) is 0 Å². The second-order valence-electron chi connectivity index (χ2n) is 11.0. The van der Waals surface area contributed by atoms with Crippen molar-refractivity contribution in [1.29, 1.82) is 0 Å². The van der Waals surface area contributed by atoms with Crippen LogP contribution in [0.25, 0.3) is 0 Å². The molecule has 0 bridgehead atoms. The number of anilines is 1. The first-order valence-corrected chi connectivity index (χ1v) is 12.7. The first-order valence-electron chi connectivity index (χ1n) is 12.7. The molecule has 1 heterocycles. The van der Waals surface area contributed by atoms with Crippen LogP contribution in [0.5, 0.6) is 0 Å². The molecular weight excluding hydrogens is 420 g/mol. The minimum atomic E-state index is -2.97. The third-order valence-electron chi connectivity index (χ3n) is 7.22. The first kappa shape index (κ1) is 25.7. The Morgan fingerprint density at radius 2 is 1.91 bits per heavy atom. The van der Waals surface area contributed by atoms with Crippen LogP contribution in [-0.4, -0.2) is 25.2 Å². The normalized spacial score (nSPS) is 19.5. The summed E-state index contributed by atoms with van der Waals surface area (Å²) in [6, 6.07) is 4.56. The molecule has 1 aliphatic heterocycles. The quantitative estimate of drug-likeness (QED) is 0.281. The number of aryl methyl sites for hydroxylation is 1.